The number of carbonyl (C=O) groups is 1. The molecule has 0 saturated carbocycles. The minimum Gasteiger partial charge on any atom is -0.351 e. The van der Waals surface area contributed by atoms with Crippen LogP contribution in [-0.4, -0.2) is 23.9 Å². The second-order valence-electron chi connectivity index (χ2n) is 5.88. The maximum atomic E-state index is 12.3. The molecule has 0 heterocycles. The van der Waals surface area contributed by atoms with E-state index >= 15 is 0 Å². The zero-order valence-corrected chi connectivity index (χ0v) is 15.3. The van der Waals surface area contributed by atoms with E-state index in [4.69, 9.17) is 16.9 Å². The van der Waals surface area contributed by atoms with Crippen molar-refractivity contribution in [1.29, 1.82) is 5.26 Å². The van der Waals surface area contributed by atoms with Crippen molar-refractivity contribution in [2.24, 2.45) is 0 Å². The van der Waals surface area contributed by atoms with Crippen molar-refractivity contribution in [3.05, 3.63) is 70.2 Å². The molecule has 0 fully saturated rings. The second-order valence-corrected chi connectivity index (χ2v) is 6.31. The highest BCUT2D eigenvalue weighted by molar-refractivity contribution is 6.30. The highest BCUT2D eigenvalue weighted by Gasteiger charge is 2.17. The Hall–Kier alpha value is -2.35. The molecular weight excluding hydrogens is 334 g/mol. The van der Waals surface area contributed by atoms with E-state index in [1.54, 1.807) is 12.1 Å². The van der Waals surface area contributed by atoms with E-state index in [1.807, 2.05) is 43.3 Å². The summed E-state index contributed by atoms with van der Waals surface area (Å²) in [6.45, 7) is 5.67. The molecule has 1 N–H and O–H groups in total. The monoisotopic (exact) mass is 355 g/mol. The number of likely N-dealkylation sites (N-methyl/N-ethyl adjacent to an activating group) is 1. The third-order valence-electron chi connectivity index (χ3n) is 4.23. The van der Waals surface area contributed by atoms with Crippen LogP contribution in [0, 0.1) is 11.3 Å². The van der Waals surface area contributed by atoms with Gasteiger partial charge in [-0.25, -0.2) is 0 Å². The lowest BCUT2D eigenvalue weighted by molar-refractivity contribution is -0.122. The van der Waals surface area contributed by atoms with Crippen LogP contribution in [0.3, 0.4) is 0 Å². The van der Waals surface area contributed by atoms with Gasteiger partial charge < -0.3 is 5.32 Å². The van der Waals surface area contributed by atoms with Gasteiger partial charge in [-0.3, -0.25) is 9.69 Å². The van der Waals surface area contributed by atoms with Crippen molar-refractivity contribution in [3.8, 4) is 6.07 Å². The minimum atomic E-state index is -0.0164. The van der Waals surface area contributed by atoms with Crippen LogP contribution in [-0.2, 0) is 11.3 Å². The number of hydrogen-bond acceptors (Lipinski definition) is 3. The van der Waals surface area contributed by atoms with Crippen molar-refractivity contribution in [1.82, 2.24) is 10.2 Å². The Bertz CT molecular complexity index is 735. The number of benzene rings is 2. The van der Waals surface area contributed by atoms with Crippen LogP contribution in [0.2, 0.25) is 5.02 Å². The number of carbonyl (C=O) groups excluding carboxylic acids is 1. The first-order valence-electron chi connectivity index (χ1n) is 8.28. The highest BCUT2D eigenvalue weighted by atomic mass is 35.5. The summed E-state index contributed by atoms with van der Waals surface area (Å²) in [5.74, 6) is -0.0164. The van der Waals surface area contributed by atoms with Gasteiger partial charge in [-0.2, -0.15) is 5.26 Å². The number of rotatable bonds is 7. The number of nitriles is 1. The molecule has 4 nitrogen and oxygen atoms in total. The van der Waals surface area contributed by atoms with Gasteiger partial charge >= 0.3 is 0 Å². The molecule has 0 aliphatic carbocycles. The Morgan fingerprint density at radius 3 is 2.40 bits per heavy atom. The van der Waals surface area contributed by atoms with Gasteiger partial charge in [-0.1, -0.05) is 42.8 Å². The number of nitrogens with zero attached hydrogens (tertiary/aromatic N) is 2. The number of nitrogens with one attached hydrogen (secondary N) is 1. The molecular formula is C20H22ClN3O. The summed E-state index contributed by atoms with van der Waals surface area (Å²) in [7, 11) is 0. The number of amides is 1. The molecule has 1 atom stereocenters. The van der Waals surface area contributed by atoms with Gasteiger partial charge in [-0.15, -0.1) is 0 Å². The highest BCUT2D eigenvalue weighted by Crippen LogP contribution is 2.20. The van der Waals surface area contributed by atoms with Gasteiger partial charge in [0.1, 0.15) is 0 Å². The van der Waals surface area contributed by atoms with Crippen molar-refractivity contribution >= 4 is 17.5 Å². The Labute approximate surface area is 154 Å². The SMILES string of the molecule is CCN(CC(=O)NCc1ccc(Cl)cc1)C(C)c1ccc(C#N)cc1. The summed E-state index contributed by atoms with van der Waals surface area (Å²) in [4.78, 5) is 14.4. The largest absolute Gasteiger partial charge is 0.351 e. The van der Waals surface area contributed by atoms with Gasteiger partial charge in [0.25, 0.3) is 0 Å². The lowest BCUT2D eigenvalue weighted by Gasteiger charge is -2.27. The normalized spacial score (nSPS) is 11.8. The van der Waals surface area contributed by atoms with E-state index < -0.39 is 0 Å². The fraction of sp³-hybridized carbons (Fsp3) is 0.300. The standard InChI is InChI=1S/C20H22ClN3O/c1-3-24(15(2)18-8-4-16(12-22)5-9-18)14-20(25)23-13-17-6-10-19(21)11-7-17/h4-11,15H,3,13-14H2,1-2H3,(H,23,25). The van der Waals surface area contributed by atoms with Crippen LogP contribution >= 0.6 is 11.6 Å². The van der Waals surface area contributed by atoms with E-state index in [0.717, 1.165) is 17.7 Å². The first kappa shape index (κ1) is 19.0. The molecule has 130 valence electrons. The molecule has 0 aliphatic rings. The molecule has 2 rings (SSSR count). The van der Waals surface area contributed by atoms with Crippen LogP contribution in [0.15, 0.2) is 48.5 Å². The third-order valence-corrected chi connectivity index (χ3v) is 4.48. The quantitative estimate of drug-likeness (QED) is 0.819. The molecule has 25 heavy (non-hydrogen) atoms. The molecule has 0 radical (unpaired) electrons. The van der Waals surface area contributed by atoms with Crippen molar-refractivity contribution in [2.75, 3.05) is 13.1 Å². The predicted octanol–water partition coefficient (Wildman–Crippen LogP) is 3.91. The molecule has 2 aromatic carbocycles. The average Bonchev–Trinajstić information content (AvgIpc) is 2.65. The summed E-state index contributed by atoms with van der Waals surface area (Å²) in [5, 5.41) is 12.5. The van der Waals surface area contributed by atoms with Crippen molar-refractivity contribution in [2.45, 2.75) is 26.4 Å². The maximum absolute atomic E-state index is 12.3. The van der Waals surface area contributed by atoms with Crippen LogP contribution in [0.1, 0.15) is 36.6 Å². The van der Waals surface area contributed by atoms with Gasteiger partial charge in [0.05, 0.1) is 18.2 Å². The Balaban J connectivity index is 1.91. The summed E-state index contributed by atoms with van der Waals surface area (Å²) >= 11 is 5.86. The van der Waals surface area contributed by atoms with Gasteiger partial charge in [0, 0.05) is 17.6 Å². The molecule has 2 aromatic rings. The zero-order valence-electron chi connectivity index (χ0n) is 14.5. The summed E-state index contributed by atoms with van der Waals surface area (Å²) in [5.41, 5.74) is 2.74. The lowest BCUT2D eigenvalue weighted by atomic mass is 10.0. The van der Waals surface area contributed by atoms with Crippen LogP contribution in [0.25, 0.3) is 0 Å². The Kier molecular flexibility index (Phi) is 7.00. The van der Waals surface area contributed by atoms with Gasteiger partial charge in [-0.05, 0) is 48.9 Å². The first-order valence-corrected chi connectivity index (χ1v) is 8.66. The van der Waals surface area contributed by atoms with Crippen molar-refractivity contribution in [3.63, 3.8) is 0 Å². The molecule has 0 saturated heterocycles. The molecule has 0 spiro atoms. The second kappa shape index (κ2) is 9.22. The smallest absolute Gasteiger partial charge is 0.234 e. The molecule has 0 aliphatic heterocycles. The summed E-state index contributed by atoms with van der Waals surface area (Å²) < 4.78 is 0. The van der Waals surface area contributed by atoms with E-state index in [1.165, 1.54) is 0 Å². The summed E-state index contributed by atoms with van der Waals surface area (Å²) in [6, 6.07) is 17.1. The molecule has 1 unspecified atom stereocenters. The fourth-order valence-electron chi connectivity index (χ4n) is 2.61. The first-order chi connectivity index (χ1) is 12.0. The molecule has 1 amide bonds. The maximum Gasteiger partial charge on any atom is 0.234 e. The molecule has 0 aromatic heterocycles. The molecule has 0 bridgehead atoms. The third kappa shape index (κ3) is 5.60. The van der Waals surface area contributed by atoms with Crippen LogP contribution < -0.4 is 5.32 Å². The van der Waals surface area contributed by atoms with E-state index in [-0.39, 0.29) is 11.9 Å². The predicted molar refractivity (Wildman–Crippen MR) is 100 cm³/mol. The number of halogens is 1. The Morgan fingerprint density at radius 2 is 1.84 bits per heavy atom. The fourth-order valence-corrected chi connectivity index (χ4v) is 2.74. The number of hydrogen-bond donors (Lipinski definition) is 1. The van der Waals surface area contributed by atoms with E-state index in [2.05, 4.69) is 23.2 Å². The van der Waals surface area contributed by atoms with E-state index in [0.29, 0.717) is 23.7 Å². The lowest BCUT2D eigenvalue weighted by Crippen LogP contribution is -2.38. The summed E-state index contributed by atoms with van der Waals surface area (Å²) in [6.07, 6.45) is 0. The van der Waals surface area contributed by atoms with Gasteiger partial charge in [0.2, 0.25) is 5.91 Å². The van der Waals surface area contributed by atoms with Crippen molar-refractivity contribution < 1.29 is 4.79 Å². The minimum absolute atomic E-state index is 0.0164. The zero-order chi connectivity index (χ0) is 18.2. The topological polar surface area (TPSA) is 56.1 Å². The molecule has 5 heteroatoms. The van der Waals surface area contributed by atoms with Crippen LogP contribution in [0.4, 0.5) is 0 Å². The van der Waals surface area contributed by atoms with E-state index in [9.17, 15) is 4.79 Å². The average molecular weight is 356 g/mol. The van der Waals surface area contributed by atoms with Gasteiger partial charge in [0.15, 0.2) is 0 Å². The van der Waals surface area contributed by atoms with Crippen LogP contribution in [0.5, 0.6) is 0 Å². The Morgan fingerprint density at radius 1 is 1.20 bits per heavy atom.